The topological polar surface area (TPSA) is 76.5 Å². The van der Waals surface area contributed by atoms with E-state index in [1.807, 2.05) is 19.1 Å². The van der Waals surface area contributed by atoms with Gasteiger partial charge in [0, 0.05) is 42.7 Å². The number of pyridine rings is 2. The van der Waals surface area contributed by atoms with Crippen LogP contribution < -0.4 is 10.1 Å². The van der Waals surface area contributed by atoms with Crippen LogP contribution in [0.15, 0.2) is 30.5 Å². The number of hydrogen-bond acceptors (Lipinski definition) is 6. The molecule has 2 atom stereocenters. The first-order valence-corrected chi connectivity index (χ1v) is 7.68. The van der Waals surface area contributed by atoms with Crippen molar-refractivity contribution >= 4 is 0 Å². The molecule has 0 amide bonds. The van der Waals surface area contributed by atoms with E-state index in [1.54, 1.807) is 25.4 Å². The molecule has 0 unspecified atom stereocenters. The van der Waals surface area contributed by atoms with E-state index in [-0.39, 0.29) is 17.9 Å². The molecule has 0 saturated carbocycles. The molecule has 6 nitrogen and oxygen atoms in total. The quantitative estimate of drug-likeness (QED) is 0.880. The lowest BCUT2D eigenvalue weighted by Crippen LogP contribution is -2.31. The van der Waals surface area contributed by atoms with E-state index in [2.05, 4.69) is 15.3 Å². The third kappa shape index (κ3) is 3.60. The maximum absolute atomic E-state index is 9.89. The normalized spacial score (nSPS) is 20.6. The third-order valence-corrected chi connectivity index (χ3v) is 4.01. The maximum Gasteiger partial charge on any atom is 0.212 e. The van der Waals surface area contributed by atoms with Crippen molar-refractivity contribution in [3.8, 4) is 11.6 Å². The van der Waals surface area contributed by atoms with E-state index in [0.29, 0.717) is 24.7 Å². The van der Waals surface area contributed by atoms with Gasteiger partial charge in [0.05, 0.1) is 18.9 Å². The molecule has 1 saturated heterocycles. The molecular weight excluding hydrogens is 294 g/mol. The molecule has 2 aromatic heterocycles. The molecule has 1 aliphatic rings. The SMILES string of the molecule is COc1ccc([C@H]2OCC[C@@H]2NCc2nc(C)ccc2O)cn1. The number of aromatic nitrogens is 2. The van der Waals surface area contributed by atoms with Gasteiger partial charge in [-0.25, -0.2) is 4.98 Å². The predicted molar refractivity (Wildman–Crippen MR) is 85.4 cm³/mol. The highest BCUT2D eigenvalue weighted by molar-refractivity contribution is 5.28. The van der Waals surface area contributed by atoms with Crippen LogP contribution in [0.25, 0.3) is 0 Å². The van der Waals surface area contributed by atoms with E-state index in [9.17, 15) is 5.11 Å². The van der Waals surface area contributed by atoms with Gasteiger partial charge in [0.25, 0.3) is 0 Å². The second-order valence-corrected chi connectivity index (χ2v) is 5.62. The summed E-state index contributed by atoms with van der Waals surface area (Å²) in [6.45, 7) is 3.11. The van der Waals surface area contributed by atoms with E-state index in [1.165, 1.54) is 0 Å². The summed E-state index contributed by atoms with van der Waals surface area (Å²) in [5, 5.41) is 13.3. The standard InChI is InChI=1S/C17H21N3O3/c1-11-3-5-15(21)14(20-11)10-18-13-7-8-23-17(13)12-4-6-16(22-2)19-9-12/h3-6,9,13,17-18,21H,7-8,10H2,1-2H3/t13-,17+/m0/s1. The largest absolute Gasteiger partial charge is 0.506 e. The Hall–Kier alpha value is -2.18. The van der Waals surface area contributed by atoms with Gasteiger partial charge in [0.2, 0.25) is 5.88 Å². The number of aryl methyl sites for hydroxylation is 1. The summed E-state index contributed by atoms with van der Waals surface area (Å²) >= 11 is 0. The number of methoxy groups -OCH3 is 1. The van der Waals surface area contributed by atoms with Gasteiger partial charge in [0.1, 0.15) is 5.75 Å². The van der Waals surface area contributed by atoms with Crippen molar-refractivity contribution in [2.75, 3.05) is 13.7 Å². The van der Waals surface area contributed by atoms with Crippen LogP contribution >= 0.6 is 0 Å². The minimum atomic E-state index is -0.0552. The highest BCUT2D eigenvalue weighted by Crippen LogP contribution is 2.30. The third-order valence-electron chi connectivity index (χ3n) is 4.01. The van der Waals surface area contributed by atoms with Gasteiger partial charge in [0.15, 0.2) is 0 Å². The second-order valence-electron chi connectivity index (χ2n) is 5.62. The number of nitrogens with zero attached hydrogens (tertiary/aromatic N) is 2. The number of aromatic hydroxyl groups is 1. The van der Waals surface area contributed by atoms with Crippen LogP contribution in [0.3, 0.4) is 0 Å². The van der Waals surface area contributed by atoms with Crippen molar-refractivity contribution in [3.05, 3.63) is 47.4 Å². The van der Waals surface area contributed by atoms with Gasteiger partial charge >= 0.3 is 0 Å². The summed E-state index contributed by atoms with van der Waals surface area (Å²) in [5.41, 5.74) is 2.56. The Balaban J connectivity index is 1.68. The Morgan fingerprint density at radius 1 is 1.35 bits per heavy atom. The average molecular weight is 315 g/mol. The lowest BCUT2D eigenvalue weighted by Gasteiger charge is -2.20. The molecule has 3 heterocycles. The highest BCUT2D eigenvalue weighted by Gasteiger charge is 2.29. The average Bonchev–Trinajstić information content (AvgIpc) is 3.04. The molecular formula is C17H21N3O3. The molecule has 2 aromatic rings. The van der Waals surface area contributed by atoms with Gasteiger partial charge in [-0.1, -0.05) is 0 Å². The van der Waals surface area contributed by atoms with Crippen molar-refractivity contribution in [1.82, 2.24) is 15.3 Å². The van der Waals surface area contributed by atoms with Crippen molar-refractivity contribution < 1.29 is 14.6 Å². The molecule has 1 aliphatic heterocycles. The molecule has 0 aliphatic carbocycles. The summed E-state index contributed by atoms with van der Waals surface area (Å²) in [5.74, 6) is 0.801. The Labute approximate surface area is 135 Å². The summed E-state index contributed by atoms with van der Waals surface area (Å²) in [7, 11) is 1.60. The Bertz CT molecular complexity index is 661. The van der Waals surface area contributed by atoms with E-state index in [4.69, 9.17) is 9.47 Å². The second kappa shape index (κ2) is 6.93. The molecule has 0 bridgehead atoms. The molecule has 6 heteroatoms. The maximum atomic E-state index is 9.89. The minimum Gasteiger partial charge on any atom is -0.506 e. The molecule has 0 spiro atoms. The first kappa shape index (κ1) is 15.7. The predicted octanol–water partition coefficient (Wildman–Crippen LogP) is 2.12. The van der Waals surface area contributed by atoms with Crippen LogP contribution in [0, 0.1) is 6.92 Å². The fraction of sp³-hybridized carbons (Fsp3) is 0.412. The number of nitrogens with one attached hydrogen (secondary N) is 1. The van der Waals surface area contributed by atoms with Crippen molar-refractivity contribution in [2.24, 2.45) is 0 Å². The Morgan fingerprint density at radius 3 is 2.96 bits per heavy atom. The van der Waals surface area contributed by atoms with Gasteiger partial charge in [-0.2, -0.15) is 0 Å². The molecule has 23 heavy (non-hydrogen) atoms. The van der Waals surface area contributed by atoms with Gasteiger partial charge in [-0.05, 0) is 31.5 Å². The van der Waals surface area contributed by atoms with E-state index < -0.39 is 0 Å². The number of hydrogen-bond donors (Lipinski definition) is 2. The Morgan fingerprint density at radius 2 is 2.22 bits per heavy atom. The highest BCUT2D eigenvalue weighted by atomic mass is 16.5. The van der Waals surface area contributed by atoms with E-state index >= 15 is 0 Å². The summed E-state index contributed by atoms with van der Waals surface area (Å²) in [4.78, 5) is 8.61. The zero-order chi connectivity index (χ0) is 16.2. The fourth-order valence-corrected chi connectivity index (χ4v) is 2.77. The number of ether oxygens (including phenoxy) is 2. The fourth-order valence-electron chi connectivity index (χ4n) is 2.77. The molecule has 122 valence electrons. The summed E-state index contributed by atoms with van der Waals surface area (Å²) in [6, 6.07) is 7.44. The summed E-state index contributed by atoms with van der Waals surface area (Å²) < 4.78 is 10.9. The van der Waals surface area contributed by atoms with E-state index in [0.717, 1.165) is 17.7 Å². The molecule has 0 radical (unpaired) electrons. The molecule has 0 aromatic carbocycles. The van der Waals surface area contributed by atoms with Crippen LogP contribution in [0.5, 0.6) is 11.6 Å². The molecule has 1 fully saturated rings. The molecule has 3 rings (SSSR count). The van der Waals surface area contributed by atoms with Crippen LogP contribution in [-0.4, -0.2) is 34.8 Å². The van der Waals surface area contributed by atoms with Crippen molar-refractivity contribution in [1.29, 1.82) is 0 Å². The first-order chi connectivity index (χ1) is 11.2. The monoisotopic (exact) mass is 315 g/mol. The minimum absolute atomic E-state index is 0.0552. The van der Waals surface area contributed by atoms with Crippen LogP contribution in [0.1, 0.15) is 29.5 Å². The van der Waals surface area contributed by atoms with Crippen LogP contribution in [-0.2, 0) is 11.3 Å². The van der Waals surface area contributed by atoms with Crippen molar-refractivity contribution in [3.63, 3.8) is 0 Å². The Kier molecular flexibility index (Phi) is 4.73. The van der Waals surface area contributed by atoms with Gasteiger partial charge < -0.3 is 19.9 Å². The van der Waals surface area contributed by atoms with Gasteiger partial charge in [-0.3, -0.25) is 4.98 Å². The van der Waals surface area contributed by atoms with Crippen molar-refractivity contribution in [2.45, 2.75) is 32.0 Å². The number of rotatable bonds is 5. The smallest absolute Gasteiger partial charge is 0.212 e. The lowest BCUT2D eigenvalue weighted by atomic mass is 10.0. The molecule has 2 N–H and O–H groups in total. The zero-order valence-electron chi connectivity index (χ0n) is 13.3. The zero-order valence-corrected chi connectivity index (χ0v) is 13.3. The van der Waals surface area contributed by atoms with Crippen LogP contribution in [0.2, 0.25) is 0 Å². The van der Waals surface area contributed by atoms with Gasteiger partial charge in [-0.15, -0.1) is 0 Å². The first-order valence-electron chi connectivity index (χ1n) is 7.68. The lowest BCUT2D eigenvalue weighted by molar-refractivity contribution is 0.0980. The van der Waals surface area contributed by atoms with Crippen LogP contribution in [0.4, 0.5) is 0 Å². The summed E-state index contributed by atoms with van der Waals surface area (Å²) in [6.07, 6.45) is 2.63.